The molecule has 23 heavy (non-hydrogen) atoms. The van der Waals surface area contributed by atoms with Gasteiger partial charge in [-0.2, -0.15) is 0 Å². The van der Waals surface area contributed by atoms with Gasteiger partial charge in [0.05, 0.1) is 5.60 Å². The van der Waals surface area contributed by atoms with E-state index < -0.39 is 5.60 Å². The molecule has 130 valence electrons. The van der Waals surface area contributed by atoms with Crippen LogP contribution in [0.2, 0.25) is 0 Å². The van der Waals surface area contributed by atoms with Gasteiger partial charge in [0.2, 0.25) is 0 Å². The van der Waals surface area contributed by atoms with Gasteiger partial charge in [-0.15, -0.1) is 0 Å². The predicted molar refractivity (Wildman–Crippen MR) is 98.4 cm³/mol. The van der Waals surface area contributed by atoms with Gasteiger partial charge < -0.3 is 5.11 Å². The van der Waals surface area contributed by atoms with Crippen molar-refractivity contribution in [3.63, 3.8) is 0 Å². The van der Waals surface area contributed by atoms with E-state index in [1.54, 1.807) is 0 Å². The molecular formula is C21H35NO. The van der Waals surface area contributed by atoms with E-state index in [0.29, 0.717) is 12.0 Å². The summed E-state index contributed by atoms with van der Waals surface area (Å²) < 4.78 is 0. The highest BCUT2D eigenvalue weighted by Crippen LogP contribution is 2.35. The highest BCUT2D eigenvalue weighted by atomic mass is 16.3. The Morgan fingerprint density at radius 2 is 1.91 bits per heavy atom. The average Bonchev–Trinajstić information content (AvgIpc) is 2.51. The average molecular weight is 318 g/mol. The first kappa shape index (κ1) is 18.5. The van der Waals surface area contributed by atoms with Crippen LogP contribution in [0.15, 0.2) is 30.3 Å². The molecule has 1 aromatic rings. The smallest absolute Gasteiger partial charge is 0.0622 e. The second-order valence-corrected chi connectivity index (χ2v) is 7.67. The summed E-state index contributed by atoms with van der Waals surface area (Å²) in [4.78, 5) is 2.68. The molecule has 0 aromatic heterocycles. The second kappa shape index (κ2) is 8.84. The molecule has 2 heteroatoms. The molecule has 0 spiro atoms. The number of benzene rings is 1. The molecule has 1 aromatic carbocycles. The van der Waals surface area contributed by atoms with Crippen molar-refractivity contribution in [2.24, 2.45) is 5.92 Å². The highest BCUT2D eigenvalue weighted by molar-refractivity contribution is 5.14. The summed E-state index contributed by atoms with van der Waals surface area (Å²) in [6.45, 7) is 8.75. The van der Waals surface area contributed by atoms with Crippen molar-refractivity contribution >= 4 is 0 Å². The van der Waals surface area contributed by atoms with Crippen molar-refractivity contribution in [2.75, 3.05) is 6.54 Å². The lowest BCUT2D eigenvalue weighted by Gasteiger charge is -2.44. The topological polar surface area (TPSA) is 23.5 Å². The zero-order valence-electron chi connectivity index (χ0n) is 15.3. The summed E-state index contributed by atoms with van der Waals surface area (Å²) in [5.41, 5.74) is 0.913. The minimum absolute atomic E-state index is 0.499. The monoisotopic (exact) mass is 317 g/mol. The van der Waals surface area contributed by atoms with Crippen LogP contribution in [-0.2, 0) is 6.54 Å². The van der Waals surface area contributed by atoms with Gasteiger partial charge in [0.25, 0.3) is 0 Å². The molecular weight excluding hydrogens is 282 g/mol. The molecule has 1 saturated heterocycles. The van der Waals surface area contributed by atoms with Crippen molar-refractivity contribution in [1.29, 1.82) is 0 Å². The van der Waals surface area contributed by atoms with Gasteiger partial charge in [0.15, 0.2) is 0 Å². The van der Waals surface area contributed by atoms with Crippen LogP contribution >= 0.6 is 0 Å². The van der Waals surface area contributed by atoms with Crippen LogP contribution in [0, 0.1) is 5.92 Å². The van der Waals surface area contributed by atoms with Crippen molar-refractivity contribution in [3.8, 4) is 0 Å². The molecule has 0 amide bonds. The summed E-state index contributed by atoms with van der Waals surface area (Å²) in [6, 6.07) is 11.5. The fraction of sp³-hybridized carbons (Fsp3) is 0.714. The lowest BCUT2D eigenvalue weighted by atomic mass is 9.78. The van der Waals surface area contributed by atoms with Crippen LogP contribution in [0.1, 0.15) is 71.3 Å². The Morgan fingerprint density at radius 1 is 1.17 bits per heavy atom. The number of piperidine rings is 1. The molecule has 0 bridgehead atoms. The van der Waals surface area contributed by atoms with Crippen LogP contribution in [-0.4, -0.2) is 28.2 Å². The van der Waals surface area contributed by atoms with E-state index in [0.717, 1.165) is 25.8 Å². The molecule has 0 saturated carbocycles. The summed E-state index contributed by atoms with van der Waals surface area (Å²) >= 11 is 0. The van der Waals surface area contributed by atoms with E-state index in [-0.39, 0.29) is 0 Å². The molecule has 1 N–H and O–H groups in total. The van der Waals surface area contributed by atoms with E-state index in [1.807, 2.05) is 6.92 Å². The van der Waals surface area contributed by atoms with Crippen LogP contribution in [0.3, 0.4) is 0 Å². The van der Waals surface area contributed by atoms with E-state index in [4.69, 9.17) is 0 Å². The zero-order valence-corrected chi connectivity index (χ0v) is 15.3. The molecule has 2 rings (SSSR count). The van der Waals surface area contributed by atoms with Crippen molar-refractivity contribution < 1.29 is 5.11 Å². The Morgan fingerprint density at radius 3 is 2.57 bits per heavy atom. The third-order valence-corrected chi connectivity index (χ3v) is 5.34. The molecule has 1 fully saturated rings. The summed E-state index contributed by atoms with van der Waals surface area (Å²) in [7, 11) is 0. The molecule has 1 aliphatic heterocycles. The SMILES string of the molecule is CCCC1C(CC(C)(O)CCC)CCCN1Cc1ccccc1. The molecule has 0 radical (unpaired) electrons. The Hall–Kier alpha value is -0.860. The van der Waals surface area contributed by atoms with E-state index in [1.165, 1.54) is 37.8 Å². The van der Waals surface area contributed by atoms with Gasteiger partial charge in [-0.25, -0.2) is 0 Å². The second-order valence-electron chi connectivity index (χ2n) is 7.67. The van der Waals surface area contributed by atoms with E-state index in [2.05, 4.69) is 49.1 Å². The molecule has 1 heterocycles. The number of likely N-dealkylation sites (tertiary alicyclic amines) is 1. The minimum atomic E-state index is -0.499. The van der Waals surface area contributed by atoms with Gasteiger partial charge in [-0.3, -0.25) is 4.90 Å². The normalized spacial score (nSPS) is 25.2. The van der Waals surface area contributed by atoms with Crippen LogP contribution < -0.4 is 0 Å². The van der Waals surface area contributed by atoms with E-state index >= 15 is 0 Å². The molecule has 0 aliphatic carbocycles. The summed E-state index contributed by atoms with van der Waals surface area (Å²) in [6.07, 6.45) is 7.95. The number of hydrogen-bond donors (Lipinski definition) is 1. The fourth-order valence-corrected chi connectivity index (χ4v) is 4.38. The molecule has 3 atom stereocenters. The first-order valence-electron chi connectivity index (χ1n) is 9.56. The van der Waals surface area contributed by atoms with Gasteiger partial charge in [-0.1, -0.05) is 57.0 Å². The standard InChI is InChI=1S/C21H35NO/c1-4-10-20-19(16-21(3,23)14-5-2)13-9-15-22(20)17-18-11-7-6-8-12-18/h6-8,11-12,19-20,23H,4-5,9-10,13-17H2,1-3H3. The van der Waals surface area contributed by atoms with Crippen molar-refractivity contribution in [2.45, 2.75) is 83.9 Å². The Kier molecular flexibility index (Phi) is 7.10. The van der Waals surface area contributed by atoms with Crippen LogP contribution in [0.5, 0.6) is 0 Å². The molecule has 2 nitrogen and oxygen atoms in total. The lowest BCUT2D eigenvalue weighted by Crippen LogP contribution is -2.47. The van der Waals surface area contributed by atoms with Gasteiger partial charge in [0, 0.05) is 12.6 Å². The maximum absolute atomic E-state index is 10.7. The zero-order chi connectivity index (χ0) is 16.7. The Bertz CT molecular complexity index is 442. The maximum Gasteiger partial charge on any atom is 0.0622 e. The minimum Gasteiger partial charge on any atom is -0.390 e. The molecule has 1 aliphatic rings. The van der Waals surface area contributed by atoms with Crippen LogP contribution in [0.4, 0.5) is 0 Å². The van der Waals surface area contributed by atoms with Crippen LogP contribution in [0.25, 0.3) is 0 Å². The Balaban J connectivity index is 2.06. The number of hydrogen-bond acceptors (Lipinski definition) is 2. The number of aliphatic hydroxyl groups is 1. The maximum atomic E-state index is 10.7. The van der Waals surface area contributed by atoms with Gasteiger partial charge >= 0.3 is 0 Å². The fourth-order valence-electron chi connectivity index (χ4n) is 4.38. The summed E-state index contributed by atoms with van der Waals surface area (Å²) in [5.74, 6) is 0.633. The first-order valence-corrected chi connectivity index (χ1v) is 9.56. The number of rotatable bonds is 8. The van der Waals surface area contributed by atoms with Gasteiger partial charge in [-0.05, 0) is 57.1 Å². The highest BCUT2D eigenvalue weighted by Gasteiger charge is 2.35. The predicted octanol–water partition coefficient (Wildman–Crippen LogP) is 5.01. The third-order valence-electron chi connectivity index (χ3n) is 5.34. The van der Waals surface area contributed by atoms with Crippen molar-refractivity contribution in [3.05, 3.63) is 35.9 Å². The Labute approximate surface area is 142 Å². The van der Waals surface area contributed by atoms with Crippen molar-refractivity contribution in [1.82, 2.24) is 4.90 Å². The quantitative estimate of drug-likeness (QED) is 0.728. The largest absolute Gasteiger partial charge is 0.390 e. The van der Waals surface area contributed by atoms with E-state index in [9.17, 15) is 5.11 Å². The summed E-state index contributed by atoms with van der Waals surface area (Å²) in [5, 5.41) is 10.7. The third kappa shape index (κ3) is 5.61. The molecule has 3 unspecified atom stereocenters. The number of nitrogens with zero attached hydrogens (tertiary/aromatic N) is 1. The first-order chi connectivity index (χ1) is 11.1. The lowest BCUT2D eigenvalue weighted by molar-refractivity contribution is -0.0130. The van der Waals surface area contributed by atoms with Gasteiger partial charge in [0.1, 0.15) is 0 Å².